The zero-order chi connectivity index (χ0) is 22.4. The number of hydrogen-bond donors (Lipinski definition) is 2. The van der Waals surface area contributed by atoms with Gasteiger partial charge in [-0.25, -0.2) is 9.78 Å². The van der Waals surface area contributed by atoms with E-state index >= 15 is 0 Å². The number of benzene rings is 1. The molecule has 3 aliphatic rings. The molecule has 0 saturated heterocycles. The van der Waals surface area contributed by atoms with Crippen molar-refractivity contribution in [2.45, 2.75) is 57.5 Å². The minimum Gasteiger partial charge on any atom is -0.491 e. The van der Waals surface area contributed by atoms with E-state index in [0.29, 0.717) is 54.1 Å². The van der Waals surface area contributed by atoms with Gasteiger partial charge in [-0.15, -0.1) is 0 Å². The normalized spacial score (nSPS) is 20.2. The summed E-state index contributed by atoms with van der Waals surface area (Å²) in [7, 11) is 1.78. The summed E-state index contributed by atoms with van der Waals surface area (Å²) in [4.78, 5) is 37.7. The highest BCUT2D eigenvalue weighted by Gasteiger charge is 2.41. The first-order valence-corrected chi connectivity index (χ1v) is 11.2. The molecule has 1 aromatic carbocycles. The average molecular weight is 438 g/mol. The molecule has 0 radical (unpaired) electrons. The number of aromatic nitrogens is 2. The predicted molar refractivity (Wildman–Crippen MR) is 120 cm³/mol. The highest BCUT2D eigenvalue weighted by molar-refractivity contribution is 6.04. The van der Waals surface area contributed by atoms with Crippen molar-refractivity contribution in [3.8, 4) is 5.75 Å². The van der Waals surface area contributed by atoms with Gasteiger partial charge in [0.2, 0.25) is 11.9 Å². The molecule has 1 amide bonds. The Morgan fingerprint density at radius 2 is 2.09 bits per heavy atom. The standard InChI is InChI=1S/C23H27N5O4/c1-3-17-21(29)27(2)18-12-24-23(26-20(18)28(17)13-6-4-5-7-13)25-16-9-8-15(22(30)31)14-10-11-32-19(14)16/h8-9,12-13,17H,3-7,10-11H2,1-2H3,(H,30,31)(H,24,25,26)/t17-/m0/s1. The van der Waals surface area contributed by atoms with Gasteiger partial charge in [-0.1, -0.05) is 19.8 Å². The first-order valence-electron chi connectivity index (χ1n) is 11.2. The molecule has 2 aliphatic heterocycles. The van der Waals surface area contributed by atoms with Crippen molar-refractivity contribution < 1.29 is 19.4 Å². The third-order valence-electron chi connectivity index (χ3n) is 6.75. The van der Waals surface area contributed by atoms with Crippen LogP contribution in [0.15, 0.2) is 18.3 Å². The van der Waals surface area contributed by atoms with Crippen molar-refractivity contribution in [1.82, 2.24) is 9.97 Å². The molecule has 0 bridgehead atoms. The van der Waals surface area contributed by atoms with Crippen LogP contribution in [0.2, 0.25) is 0 Å². The van der Waals surface area contributed by atoms with Crippen LogP contribution in [0.5, 0.6) is 5.75 Å². The number of anilines is 4. The Labute approximate surface area is 186 Å². The maximum atomic E-state index is 13.0. The minimum absolute atomic E-state index is 0.0756. The summed E-state index contributed by atoms with van der Waals surface area (Å²) in [5, 5.41) is 12.7. The molecule has 9 heteroatoms. The molecule has 3 heterocycles. The molecular formula is C23H27N5O4. The van der Waals surface area contributed by atoms with Gasteiger partial charge in [0.25, 0.3) is 0 Å². The van der Waals surface area contributed by atoms with Crippen molar-refractivity contribution in [3.63, 3.8) is 0 Å². The Hall–Kier alpha value is -3.36. The lowest BCUT2D eigenvalue weighted by molar-refractivity contribution is -0.120. The van der Waals surface area contributed by atoms with Crippen LogP contribution in [0, 0.1) is 0 Å². The molecule has 1 aromatic heterocycles. The van der Waals surface area contributed by atoms with Gasteiger partial charge >= 0.3 is 5.97 Å². The quantitative estimate of drug-likeness (QED) is 0.733. The lowest BCUT2D eigenvalue weighted by atomic mass is 10.0. The van der Waals surface area contributed by atoms with E-state index in [9.17, 15) is 14.7 Å². The van der Waals surface area contributed by atoms with Gasteiger partial charge in [-0.05, 0) is 31.4 Å². The predicted octanol–water partition coefficient (Wildman–Crippen LogP) is 3.36. The number of carbonyl (C=O) groups excluding carboxylic acids is 1. The van der Waals surface area contributed by atoms with E-state index in [4.69, 9.17) is 9.72 Å². The molecule has 168 valence electrons. The van der Waals surface area contributed by atoms with E-state index in [-0.39, 0.29) is 17.5 Å². The monoisotopic (exact) mass is 437 g/mol. The fourth-order valence-electron chi connectivity index (χ4n) is 5.16. The highest BCUT2D eigenvalue weighted by atomic mass is 16.5. The summed E-state index contributed by atoms with van der Waals surface area (Å²) in [5.74, 6) is 0.811. The van der Waals surface area contributed by atoms with E-state index in [1.165, 1.54) is 0 Å². The summed E-state index contributed by atoms with van der Waals surface area (Å²) in [6, 6.07) is 3.33. The maximum Gasteiger partial charge on any atom is 0.336 e. The Morgan fingerprint density at radius 3 is 2.81 bits per heavy atom. The molecule has 9 nitrogen and oxygen atoms in total. The van der Waals surface area contributed by atoms with E-state index in [1.807, 2.05) is 6.92 Å². The van der Waals surface area contributed by atoms with Crippen LogP contribution in [0.25, 0.3) is 0 Å². The summed E-state index contributed by atoms with van der Waals surface area (Å²) in [5.41, 5.74) is 2.29. The number of fused-ring (bicyclic) bond motifs is 2. The van der Waals surface area contributed by atoms with Gasteiger partial charge in [0.05, 0.1) is 24.1 Å². The maximum absolute atomic E-state index is 13.0. The molecule has 1 aliphatic carbocycles. The van der Waals surface area contributed by atoms with Crippen LogP contribution >= 0.6 is 0 Å². The average Bonchev–Trinajstić information content (AvgIpc) is 3.48. The number of rotatable bonds is 5. The minimum atomic E-state index is -0.964. The summed E-state index contributed by atoms with van der Waals surface area (Å²) < 4.78 is 5.73. The Morgan fingerprint density at radius 1 is 1.31 bits per heavy atom. The first kappa shape index (κ1) is 20.5. The van der Waals surface area contributed by atoms with Gasteiger partial charge in [0, 0.05) is 25.1 Å². The number of carboxylic acids is 1. The van der Waals surface area contributed by atoms with E-state index in [1.54, 1.807) is 30.3 Å². The van der Waals surface area contributed by atoms with Gasteiger partial charge in [-0.2, -0.15) is 4.98 Å². The van der Waals surface area contributed by atoms with Crippen LogP contribution in [-0.2, 0) is 11.2 Å². The van der Waals surface area contributed by atoms with Crippen LogP contribution in [0.4, 0.5) is 23.1 Å². The molecule has 2 aromatic rings. The second-order valence-electron chi connectivity index (χ2n) is 8.57. The summed E-state index contributed by atoms with van der Waals surface area (Å²) >= 11 is 0. The van der Waals surface area contributed by atoms with Crippen molar-refractivity contribution in [1.29, 1.82) is 0 Å². The van der Waals surface area contributed by atoms with Crippen molar-refractivity contribution >= 4 is 35.0 Å². The SMILES string of the molecule is CC[C@H]1C(=O)N(C)c2cnc(Nc3ccc(C(=O)O)c4c3OCC4)nc2N1C1CCCC1. The van der Waals surface area contributed by atoms with Gasteiger partial charge in [-0.3, -0.25) is 4.79 Å². The third-order valence-corrected chi connectivity index (χ3v) is 6.75. The van der Waals surface area contributed by atoms with E-state index < -0.39 is 5.97 Å². The highest BCUT2D eigenvalue weighted by Crippen LogP contribution is 2.41. The topological polar surface area (TPSA) is 108 Å². The number of nitrogens with one attached hydrogen (secondary N) is 1. The van der Waals surface area contributed by atoms with Gasteiger partial charge in [0.1, 0.15) is 17.5 Å². The lowest BCUT2D eigenvalue weighted by Crippen LogP contribution is -2.55. The van der Waals surface area contributed by atoms with Crippen molar-refractivity contribution in [3.05, 3.63) is 29.5 Å². The van der Waals surface area contributed by atoms with E-state index in [2.05, 4.69) is 15.2 Å². The van der Waals surface area contributed by atoms with Crippen LogP contribution < -0.4 is 19.9 Å². The first-order chi connectivity index (χ1) is 15.5. The fraction of sp³-hybridized carbons (Fsp3) is 0.478. The second kappa shape index (κ2) is 7.96. The van der Waals surface area contributed by atoms with Crippen molar-refractivity contribution in [2.24, 2.45) is 0 Å². The van der Waals surface area contributed by atoms with Crippen LogP contribution in [-0.4, -0.2) is 52.7 Å². The Balaban J connectivity index is 1.53. The summed E-state index contributed by atoms with van der Waals surface area (Å²) in [6.45, 7) is 2.48. The number of ether oxygens (including phenoxy) is 1. The number of carboxylic acid groups (broad SMARTS) is 1. The summed E-state index contributed by atoms with van der Waals surface area (Å²) in [6.07, 6.45) is 7.37. The molecule has 0 spiro atoms. The smallest absolute Gasteiger partial charge is 0.336 e. The lowest BCUT2D eigenvalue weighted by Gasteiger charge is -2.43. The number of hydrogen-bond acceptors (Lipinski definition) is 7. The molecule has 32 heavy (non-hydrogen) atoms. The molecular weight excluding hydrogens is 410 g/mol. The van der Waals surface area contributed by atoms with Gasteiger partial charge < -0.3 is 25.0 Å². The largest absolute Gasteiger partial charge is 0.491 e. The third kappa shape index (κ3) is 3.23. The molecule has 5 rings (SSSR count). The number of likely N-dealkylation sites (N-methyl/N-ethyl adjacent to an activating group) is 1. The van der Waals surface area contributed by atoms with Crippen molar-refractivity contribution in [2.75, 3.05) is 28.8 Å². The molecule has 1 saturated carbocycles. The molecule has 1 atom stereocenters. The fourth-order valence-corrected chi connectivity index (χ4v) is 5.16. The second-order valence-corrected chi connectivity index (χ2v) is 8.57. The van der Waals surface area contributed by atoms with Crippen LogP contribution in [0.1, 0.15) is 54.9 Å². The Bertz CT molecular complexity index is 1080. The number of carbonyl (C=O) groups is 2. The Kier molecular flexibility index (Phi) is 5.11. The molecule has 2 N–H and O–H groups in total. The van der Waals surface area contributed by atoms with E-state index in [0.717, 1.165) is 31.5 Å². The number of amides is 1. The van der Waals surface area contributed by atoms with Crippen LogP contribution in [0.3, 0.4) is 0 Å². The zero-order valence-electron chi connectivity index (χ0n) is 18.3. The molecule has 1 fully saturated rings. The molecule has 0 unspecified atom stereocenters. The number of nitrogens with zero attached hydrogens (tertiary/aromatic N) is 4. The van der Waals surface area contributed by atoms with Gasteiger partial charge in [0.15, 0.2) is 5.82 Å². The zero-order valence-corrected chi connectivity index (χ0v) is 18.3. The number of aromatic carboxylic acids is 1.